The van der Waals surface area contributed by atoms with Crippen LogP contribution in [-0.2, 0) is 17.8 Å². The number of hydrogen-bond donors (Lipinski definition) is 0. The predicted octanol–water partition coefficient (Wildman–Crippen LogP) is 4.11. The monoisotopic (exact) mass is 460 g/mol. The van der Waals surface area contributed by atoms with Crippen molar-refractivity contribution >= 4 is 11.8 Å². The summed E-state index contributed by atoms with van der Waals surface area (Å²) in [5.41, 5.74) is 2.41. The van der Waals surface area contributed by atoms with Gasteiger partial charge in [0.25, 0.3) is 0 Å². The van der Waals surface area contributed by atoms with E-state index in [4.69, 9.17) is 24.2 Å². The predicted molar refractivity (Wildman–Crippen MR) is 133 cm³/mol. The zero-order chi connectivity index (χ0) is 23.2. The molecule has 2 aromatic carbocycles. The average Bonchev–Trinajstić information content (AvgIpc) is 3.37. The van der Waals surface area contributed by atoms with Crippen LogP contribution in [0.25, 0.3) is 0 Å². The molecule has 0 amide bonds. The van der Waals surface area contributed by atoms with Crippen LogP contribution in [0.1, 0.15) is 24.0 Å². The van der Waals surface area contributed by atoms with Crippen molar-refractivity contribution < 1.29 is 14.2 Å². The summed E-state index contributed by atoms with van der Waals surface area (Å²) in [7, 11) is 1.67. The Morgan fingerprint density at radius 3 is 2.50 bits per heavy atom. The molecule has 2 fully saturated rings. The van der Waals surface area contributed by atoms with Gasteiger partial charge in [-0.2, -0.15) is 9.97 Å². The summed E-state index contributed by atoms with van der Waals surface area (Å²) < 4.78 is 17.0. The summed E-state index contributed by atoms with van der Waals surface area (Å²) in [5, 5.41) is 0. The number of benzene rings is 2. The van der Waals surface area contributed by atoms with Gasteiger partial charge < -0.3 is 24.0 Å². The van der Waals surface area contributed by atoms with Gasteiger partial charge in [0.2, 0.25) is 11.8 Å². The highest BCUT2D eigenvalue weighted by Crippen LogP contribution is 2.29. The van der Waals surface area contributed by atoms with E-state index in [0.717, 1.165) is 62.0 Å². The van der Waals surface area contributed by atoms with Gasteiger partial charge in [0.1, 0.15) is 18.2 Å². The average molecular weight is 461 g/mol. The molecule has 0 spiro atoms. The standard InChI is InChI=1S/C27H32N4O3/c1-32-24-11-9-22(10-12-24)20-34-26-19-25(30-14-16-33-17-15-30)28-27(29-26)31-13-5-8-23(31)18-21-6-3-2-4-7-21/h2-4,6-7,9-12,19,23H,5,8,13-18,20H2,1H3. The van der Waals surface area contributed by atoms with Crippen LogP contribution in [0, 0.1) is 0 Å². The van der Waals surface area contributed by atoms with E-state index >= 15 is 0 Å². The third kappa shape index (κ3) is 5.42. The fourth-order valence-electron chi connectivity index (χ4n) is 4.63. The number of rotatable bonds is 8. The van der Waals surface area contributed by atoms with E-state index in [1.807, 2.05) is 30.3 Å². The Morgan fingerprint density at radius 2 is 1.74 bits per heavy atom. The molecule has 7 nitrogen and oxygen atoms in total. The van der Waals surface area contributed by atoms with Crippen molar-refractivity contribution in [2.24, 2.45) is 0 Å². The maximum Gasteiger partial charge on any atom is 0.230 e. The fourth-order valence-corrected chi connectivity index (χ4v) is 4.63. The van der Waals surface area contributed by atoms with E-state index < -0.39 is 0 Å². The van der Waals surface area contributed by atoms with Crippen molar-refractivity contribution in [3.8, 4) is 11.6 Å². The lowest BCUT2D eigenvalue weighted by Crippen LogP contribution is -2.38. The largest absolute Gasteiger partial charge is 0.497 e. The van der Waals surface area contributed by atoms with Gasteiger partial charge in [0.05, 0.1) is 20.3 Å². The number of anilines is 2. The molecule has 2 aliphatic rings. The van der Waals surface area contributed by atoms with Gasteiger partial charge in [0, 0.05) is 31.7 Å². The van der Waals surface area contributed by atoms with Crippen LogP contribution in [-0.4, -0.2) is 56.0 Å². The molecular weight excluding hydrogens is 428 g/mol. The Kier molecular flexibility index (Phi) is 7.10. The van der Waals surface area contributed by atoms with E-state index in [0.29, 0.717) is 31.7 Å². The lowest BCUT2D eigenvalue weighted by molar-refractivity contribution is 0.122. The van der Waals surface area contributed by atoms with Gasteiger partial charge in [-0.05, 0) is 42.5 Å². The van der Waals surface area contributed by atoms with Crippen LogP contribution in [0.15, 0.2) is 60.7 Å². The van der Waals surface area contributed by atoms with Gasteiger partial charge >= 0.3 is 0 Å². The minimum Gasteiger partial charge on any atom is -0.497 e. The van der Waals surface area contributed by atoms with Crippen molar-refractivity contribution in [2.45, 2.75) is 31.9 Å². The van der Waals surface area contributed by atoms with E-state index in [9.17, 15) is 0 Å². The molecule has 3 aromatic rings. The normalized spacial score (nSPS) is 18.2. The molecule has 2 aliphatic heterocycles. The minimum atomic E-state index is 0.386. The van der Waals surface area contributed by atoms with E-state index in [-0.39, 0.29) is 0 Å². The molecular formula is C27H32N4O3. The summed E-state index contributed by atoms with van der Waals surface area (Å²) in [5.74, 6) is 3.10. The lowest BCUT2D eigenvalue weighted by Gasteiger charge is -2.30. The van der Waals surface area contributed by atoms with Crippen molar-refractivity contribution in [2.75, 3.05) is 49.8 Å². The fraction of sp³-hybridized carbons (Fsp3) is 0.407. The molecule has 7 heteroatoms. The Hall–Kier alpha value is -3.32. The maximum atomic E-state index is 6.17. The van der Waals surface area contributed by atoms with Crippen molar-refractivity contribution in [3.05, 3.63) is 71.8 Å². The molecule has 178 valence electrons. The molecule has 3 heterocycles. The van der Waals surface area contributed by atoms with Crippen LogP contribution in [0.4, 0.5) is 11.8 Å². The number of morpholine rings is 1. The molecule has 0 N–H and O–H groups in total. The summed E-state index contributed by atoms with van der Waals surface area (Å²) >= 11 is 0. The molecule has 1 unspecified atom stereocenters. The lowest BCUT2D eigenvalue weighted by atomic mass is 10.0. The van der Waals surface area contributed by atoms with Gasteiger partial charge in [0.15, 0.2) is 0 Å². The Labute approximate surface area is 201 Å². The highest BCUT2D eigenvalue weighted by molar-refractivity contribution is 5.49. The Bertz CT molecular complexity index is 1060. The Balaban J connectivity index is 1.38. The first-order chi connectivity index (χ1) is 16.8. The molecule has 2 saturated heterocycles. The molecule has 34 heavy (non-hydrogen) atoms. The highest BCUT2D eigenvalue weighted by Gasteiger charge is 2.28. The second-order valence-electron chi connectivity index (χ2n) is 8.78. The van der Waals surface area contributed by atoms with Gasteiger partial charge in [-0.1, -0.05) is 42.5 Å². The van der Waals surface area contributed by atoms with Crippen LogP contribution >= 0.6 is 0 Å². The zero-order valence-corrected chi connectivity index (χ0v) is 19.7. The van der Waals surface area contributed by atoms with Crippen LogP contribution in [0.5, 0.6) is 11.6 Å². The molecule has 0 bridgehead atoms. The van der Waals surface area contributed by atoms with Crippen molar-refractivity contribution in [1.29, 1.82) is 0 Å². The third-order valence-corrected chi connectivity index (χ3v) is 6.51. The van der Waals surface area contributed by atoms with Crippen LogP contribution in [0.2, 0.25) is 0 Å². The van der Waals surface area contributed by atoms with Crippen LogP contribution < -0.4 is 19.3 Å². The van der Waals surface area contributed by atoms with E-state index in [1.54, 1.807) is 7.11 Å². The third-order valence-electron chi connectivity index (χ3n) is 6.51. The molecule has 1 atom stereocenters. The van der Waals surface area contributed by atoms with Gasteiger partial charge in [-0.25, -0.2) is 0 Å². The number of nitrogens with zero attached hydrogens (tertiary/aromatic N) is 4. The minimum absolute atomic E-state index is 0.386. The van der Waals surface area contributed by atoms with E-state index in [1.165, 1.54) is 5.56 Å². The second kappa shape index (κ2) is 10.7. The maximum absolute atomic E-state index is 6.17. The smallest absolute Gasteiger partial charge is 0.230 e. The highest BCUT2D eigenvalue weighted by atomic mass is 16.5. The summed E-state index contributed by atoms with van der Waals surface area (Å²) in [6.45, 7) is 4.46. The summed E-state index contributed by atoms with van der Waals surface area (Å²) in [6, 6.07) is 20.9. The second-order valence-corrected chi connectivity index (χ2v) is 8.78. The first-order valence-electron chi connectivity index (χ1n) is 12.1. The number of methoxy groups -OCH3 is 1. The van der Waals surface area contributed by atoms with Gasteiger partial charge in [-0.3, -0.25) is 0 Å². The summed E-state index contributed by atoms with van der Waals surface area (Å²) in [6.07, 6.45) is 3.28. The quantitative estimate of drug-likeness (QED) is 0.501. The molecule has 5 rings (SSSR count). The van der Waals surface area contributed by atoms with Crippen molar-refractivity contribution in [3.63, 3.8) is 0 Å². The topological polar surface area (TPSA) is 60.0 Å². The van der Waals surface area contributed by atoms with Gasteiger partial charge in [-0.15, -0.1) is 0 Å². The molecule has 0 aliphatic carbocycles. The zero-order valence-electron chi connectivity index (χ0n) is 19.7. The molecule has 1 aromatic heterocycles. The van der Waals surface area contributed by atoms with Crippen molar-refractivity contribution in [1.82, 2.24) is 9.97 Å². The van der Waals surface area contributed by atoms with Crippen LogP contribution in [0.3, 0.4) is 0 Å². The number of aromatic nitrogens is 2. The number of hydrogen-bond acceptors (Lipinski definition) is 7. The van der Waals surface area contributed by atoms with E-state index in [2.05, 4.69) is 40.1 Å². The summed E-state index contributed by atoms with van der Waals surface area (Å²) in [4.78, 5) is 14.5. The number of ether oxygens (including phenoxy) is 3. The Morgan fingerprint density at radius 1 is 0.941 bits per heavy atom. The molecule has 0 saturated carbocycles. The SMILES string of the molecule is COc1ccc(COc2cc(N3CCOCC3)nc(N3CCCC3Cc3ccccc3)n2)cc1. The first kappa shape index (κ1) is 22.5. The first-order valence-corrected chi connectivity index (χ1v) is 12.1. The molecule has 0 radical (unpaired) electrons.